The SMILES string of the molecule is CCCCCCCCCCC(O)C1OCCC1C. The highest BCUT2D eigenvalue weighted by molar-refractivity contribution is 4.79. The summed E-state index contributed by atoms with van der Waals surface area (Å²) in [5.41, 5.74) is 0. The fourth-order valence-electron chi connectivity index (χ4n) is 2.86. The Morgan fingerprint density at radius 2 is 1.67 bits per heavy atom. The largest absolute Gasteiger partial charge is 0.390 e. The van der Waals surface area contributed by atoms with Crippen molar-refractivity contribution in [1.29, 1.82) is 0 Å². The van der Waals surface area contributed by atoms with Gasteiger partial charge in [-0.3, -0.25) is 0 Å². The van der Waals surface area contributed by atoms with E-state index in [4.69, 9.17) is 4.74 Å². The van der Waals surface area contributed by atoms with Gasteiger partial charge in [-0.1, -0.05) is 65.2 Å². The molecule has 1 heterocycles. The van der Waals surface area contributed by atoms with Gasteiger partial charge in [0.15, 0.2) is 0 Å². The van der Waals surface area contributed by atoms with Crippen molar-refractivity contribution in [2.75, 3.05) is 6.61 Å². The van der Waals surface area contributed by atoms with E-state index in [1.165, 1.54) is 44.9 Å². The Bertz CT molecular complexity index is 194. The van der Waals surface area contributed by atoms with Crippen molar-refractivity contribution in [3.8, 4) is 0 Å². The molecule has 2 heteroatoms. The fraction of sp³-hybridized carbons (Fsp3) is 1.00. The van der Waals surface area contributed by atoms with Gasteiger partial charge in [-0.2, -0.15) is 0 Å². The summed E-state index contributed by atoms with van der Waals surface area (Å²) in [5, 5.41) is 10.1. The van der Waals surface area contributed by atoms with Crippen LogP contribution in [0.3, 0.4) is 0 Å². The second-order valence-corrected chi connectivity index (χ2v) is 5.93. The molecule has 0 amide bonds. The van der Waals surface area contributed by atoms with Crippen LogP contribution in [0.5, 0.6) is 0 Å². The first-order valence-electron chi connectivity index (χ1n) is 8.05. The lowest BCUT2D eigenvalue weighted by Crippen LogP contribution is -2.29. The lowest BCUT2D eigenvalue weighted by molar-refractivity contribution is -0.0210. The number of unbranched alkanes of at least 4 members (excludes halogenated alkanes) is 7. The number of aliphatic hydroxyl groups is 1. The van der Waals surface area contributed by atoms with Crippen LogP contribution >= 0.6 is 0 Å². The van der Waals surface area contributed by atoms with Gasteiger partial charge in [-0.15, -0.1) is 0 Å². The van der Waals surface area contributed by atoms with E-state index >= 15 is 0 Å². The third kappa shape index (κ3) is 6.19. The second kappa shape index (κ2) is 9.80. The van der Waals surface area contributed by atoms with Gasteiger partial charge in [0.25, 0.3) is 0 Å². The Morgan fingerprint density at radius 3 is 2.22 bits per heavy atom. The molecule has 108 valence electrons. The minimum atomic E-state index is -0.234. The molecule has 1 rings (SSSR count). The molecular weight excluding hydrogens is 224 g/mol. The first-order chi connectivity index (χ1) is 8.75. The van der Waals surface area contributed by atoms with Crippen LogP contribution in [-0.2, 0) is 4.74 Å². The zero-order valence-corrected chi connectivity index (χ0v) is 12.4. The fourth-order valence-corrected chi connectivity index (χ4v) is 2.86. The monoisotopic (exact) mass is 256 g/mol. The third-order valence-corrected chi connectivity index (χ3v) is 4.18. The lowest BCUT2D eigenvalue weighted by Gasteiger charge is -2.21. The minimum Gasteiger partial charge on any atom is -0.390 e. The number of hydrogen-bond donors (Lipinski definition) is 1. The van der Waals surface area contributed by atoms with Crippen molar-refractivity contribution < 1.29 is 9.84 Å². The molecule has 1 saturated heterocycles. The van der Waals surface area contributed by atoms with Crippen LogP contribution in [0, 0.1) is 5.92 Å². The highest BCUT2D eigenvalue weighted by Crippen LogP contribution is 2.25. The minimum absolute atomic E-state index is 0.106. The molecule has 0 aromatic carbocycles. The Labute approximate surface area is 113 Å². The van der Waals surface area contributed by atoms with Gasteiger partial charge in [0.1, 0.15) is 0 Å². The summed E-state index contributed by atoms with van der Waals surface area (Å²) < 4.78 is 5.60. The highest BCUT2D eigenvalue weighted by atomic mass is 16.5. The van der Waals surface area contributed by atoms with Gasteiger partial charge in [0.2, 0.25) is 0 Å². The van der Waals surface area contributed by atoms with E-state index < -0.39 is 0 Å². The molecule has 3 unspecified atom stereocenters. The molecule has 0 radical (unpaired) electrons. The van der Waals surface area contributed by atoms with Gasteiger partial charge in [-0.25, -0.2) is 0 Å². The summed E-state index contributed by atoms with van der Waals surface area (Å²) in [7, 11) is 0. The van der Waals surface area contributed by atoms with E-state index in [-0.39, 0.29) is 12.2 Å². The van der Waals surface area contributed by atoms with Crippen LogP contribution in [0.25, 0.3) is 0 Å². The van der Waals surface area contributed by atoms with Crippen molar-refractivity contribution in [2.24, 2.45) is 5.92 Å². The molecule has 0 saturated carbocycles. The van der Waals surface area contributed by atoms with E-state index in [2.05, 4.69) is 13.8 Å². The van der Waals surface area contributed by atoms with E-state index in [0.717, 1.165) is 25.9 Å². The first-order valence-corrected chi connectivity index (χ1v) is 8.05. The predicted molar refractivity (Wildman–Crippen MR) is 76.8 cm³/mol. The van der Waals surface area contributed by atoms with Crippen LogP contribution in [0.4, 0.5) is 0 Å². The Balaban J connectivity index is 1.91. The van der Waals surface area contributed by atoms with Crippen LogP contribution in [-0.4, -0.2) is 23.9 Å². The van der Waals surface area contributed by atoms with E-state index in [9.17, 15) is 5.11 Å². The molecule has 0 aromatic heterocycles. The molecular formula is C16H32O2. The molecule has 1 aliphatic heterocycles. The zero-order valence-electron chi connectivity index (χ0n) is 12.4. The molecule has 2 nitrogen and oxygen atoms in total. The van der Waals surface area contributed by atoms with Crippen molar-refractivity contribution in [3.63, 3.8) is 0 Å². The van der Waals surface area contributed by atoms with Crippen LogP contribution in [0.2, 0.25) is 0 Å². The van der Waals surface area contributed by atoms with Gasteiger partial charge in [-0.05, 0) is 18.8 Å². The predicted octanol–water partition coefficient (Wildman–Crippen LogP) is 4.30. The Hall–Kier alpha value is -0.0800. The number of hydrogen-bond acceptors (Lipinski definition) is 2. The molecule has 0 bridgehead atoms. The normalized spacial score (nSPS) is 25.5. The van der Waals surface area contributed by atoms with Gasteiger partial charge >= 0.3 is 0 Å². The first kappa shape index (κ1) is 16.0. The summed E-state index contributed by atoms with van der Waals surface area (Å²) in [6.07, 6.45) is 12.5. The summed E-state index contributed by atoms with van der Waals surface area (Å²) in [4.78, 5) is 0. The molecule has 1 fully saturated rings. The maximum atomic E-state index is 10.1. The van der Waals surface area contributed by atoms with Crippen molar-refractivity contribution in [1.82, 2.24) is 0 Å². The highest BCUT2D eigenvalue weighted by Gasteiger charge is 2.30. The molecule has 3 atom stereocenters. The van der Waals surface area contributed by atoms with E-state index in [0.29, 0.717) is 5.92 Å². The molecule has 0 spiro atoms. The van der Waals surface area contributed by atoms with Gasteiger partial charge in [0.05, 0.1) is 12.2 Å². The lowest BCUT2D eigenvalue weighted by atomic mass is 9.95. The van der Waals surface area contributed by atoms with E-state index in [1.54, 1.807) is 0 Å². The number of ether oxygens (including phenoxy) is 1. The summed E-state index contributed by atoms with van der Waals surface area (Å²) in [6, 6.07) is 0. The second-order valence-electron chi connectivity index (χ2n) is 5.93. The van der Waals surface area contributed by atoms with Crippen molar-refractivity contribution >= 4 is 0 Å². The molecule has 0 aliphatic carbocycles. The molecule has 18 heavy (non-hydrogen) atoms. The topological polar surface area (TPSA) is 29.5 Å². The maximum Gasteiger partial charge on any atom is 0.0860 e. The number of aliphatic hydroxyl groups excluding tert-OH is 1. The molecule has 1 aliphatic rings. The Morgan fingerprint density at radius 1 is 1.06 bits per heavy atom. The quantitative estimate of drug-likeness (QED) is 0.590. The van der Waals surface area contributed by atoms with Crippen LogP contribution in [0.15, 0.2) is 0 Å². The zero-order chi connectivity index (χ0) is 13.2. The third-order valence-electron chi connectivity index (χ3n) is 4.18. The van der Waals surface area contributed by atoms with Gasteiger partial charge < -0.3 is 9.84 Å². The smallest absolute Gasteiger partial charge is 0.0860 e. The summed E-state index contributed by atoms with van der Waals surface area (Å²) in [6.45, 7) is 5.28. The van der Waals surface area contributed by atoms with Crippen LogP contribution < -0.4 is 0 Å². The maximum absolute atomic E-state index is 10.1. The van der Waals surface area contributed by atoms with Crippen molar-refractivity contribution in [3.05, 3.63) is 0 Å². The Kier molecular flexibility index (Phi) is 8.70. The average molecular weight is 256 g/mol. The average Bonchev–Trinajstić information content (AvgIpc) is 2.79. The van der Waals surface area contributed by atoms with E-state index in [1.807, 2.05) is 0 Å². The van der Waals surface area contributed by atoms with Crippen LogP contribution in [0.1, 0.15) is 78.1 Å². The van der Waals surface area contributed by atoms with Crippen molar-refractivity contribution in [2.45, 2.75) is 90.3 Å². The van der Waals surface area contributed by atoms with Gasteiger partial charge in [0, 0.05) is 6.61 Å². The standard InChI is InChI=1S/C16H32O2/c1-3-4-5-6-7-8-9-10-11-15(17)16-14(2)12-13-18-16/h14-17H,3-13H2,1-2H3. The summed E-state index contributed by atoms with van der Waals surface area (Å²) >= 11 is 0. The summed E-state index contributed by atoms with van der Waals surface area (Å²) in [5.74, 6) is 0.536. The number of rotatable bonds is 10. The molecule has 0 aromatic rings. The molecule has 1 N–H and O–H groups in total.